The molecule has 4 nitrogen and oxygen atoms in total. The summed E-state index contributed by atoms with van der Waals surface area (Å²) < 4.78 is 32.1. The van der Waals surface area contributed by atoms with Crippen LogP contribution in [0.1, 0.15) is 43.7 Å². The number of ether oxygens (including phenoxy) is 1. The second-order valence-corrected chi connectivity index (χ2v) is 7.46. The SMILES string of the molecule is CS(=O)(=O)N[C@H]1CC2(CCCC2)Oc2ccccc21. The lowest BCUT2D eigenvalue weighted by Crippen LogP contribution is -2.43. The molecule has 1 aromatic carbocycles. The Balaban J connectivity index is 1.98. The summed E-state index contributed by atoms with van der Waals surface area (Å²) in [5.74, 6) is 0.830. The highest BCUT2D eigenvalue weighted by Gasteiger charge is 2.43. The molecule has 5 heteroatoms. The molecule has 3 rings (SSSR count). The highest BCUT2D eigenvalue weighted by Crippen LogP contribution is 2.47. The molecular weight excluding hydrogens is 262 g/mol. The molecule has 1 N–H and O–H groups in total. The number of para-hydroxylation sites is 1. The lowest BCUT2D eigenvalue weighted by molar-refractivity contribution is 0.0403. The maximum absolute atomic E-state index is 11.6. The molecule has 0 amide bonds. The average molecular weight is 281 g/mol. The van der Waals surface area contributed by atoms with E-state index in [4.69, 9.17) is 4.74 Å². The first kappa shape index (κ1) is 12.9. The van der Waals surface area contributed by atoms with Crippen molar-refractivity contribution < 1.29 is 13.2 Å². The monoisotopic (exact) mass is 281 g/mol. The van der Waals surface area contributed by atoms with Crippen molar-refractivity contribution in [2.24, 2.45) is 0 Å². The van der Waals surface area contributed by atoms with Gasteiger partial charge in [0.05, 0.1) is 12.3 Å². The number of hydrogen-bond donors (Lipinski definition) is 1. The molecule has 1 heterocycles. The second-order valence-electron chi connectivity index (χ2n) is 5.68. The smallest absolute Gasteiger partial charge is 0.209 e. The van der Waals surface area contributed by atoms with E-state index in [0.29, 0.717) is 0 Å². The minimum absolute atomic E-state index is 0.168. The summed E-state index contributed by atoms with van der Waals surface area (Å²) in [4.78, 5) is 0. The maximum Gasteiger partial charge on any atom is 0.209 e. The molecule has 19 heavy (non-hydrogen) atoms. The van der Waals surface area contributed by atoms with E-state index in [1.54, 1.807) is 0 Å². The van der Waals surface area contributed by atoms with Gasteiger partial charge in [-0.3, -0.25) is 0 Å². The quantitative estimate of drug-likeness (QED) is 0.905. The van der Waals surface area contributed by atoms with Gasteiger partial charge in [-0.05, 0) is 31.7 Å². The van der Waals surface area contributed by atoms with Crippen LogP contribution in [0.5, 0.6) is 5.75 Å². The van der Waals surface area contributed by atoms with Crippen molar-refractivity contribution in [3.05, 3.63) is 29.8 Å². The van der Waals surface area contributed by atoms with Crippen molar-refractivity contribution in [3.63, 3.8) is 0 Å². The van der Waals surface area contributed by atoms with Crippen LogP contribution in [0.4, 0.5) is 0 Å². The molecule has 1 spiro atoms. The van der Waals surface area contributed by atoms with Gasteiger partial charge < -0.3 is 4.74 Å². The Morgan fingerprint density at radius 2 is 1.95 bits per heavy atom. The highest BCUT2D eigenvalue weighted by atomic mass is 32.2. The van der Waals surface area contributed by atoms with E-state index in [2.05, 4.69) is 4.72 Å². The first-order chi connectivity index (χ1) is 8.98. The van der Waals surface area contributed by atoms with Crippen molar-refractivity contribution in [3.8, 4) is 5.75 Å². The summed E-state index contributed by atoms with van der Waals surface area (Å²) in [6.07, 6.45) is 6.30. The normalized spacial score (nSPS) is 25.0. The van der Waals surface area contributed by atoms with Crippen molar-refractivity contribution >= 4 is 10.0 Å². The molecule has 0 saturated heterocycles. The van der Waals surface area contributed by atoms with Crippen molar-refractivity contribution in [2.45, 2.75) is 43.7 Å². The highest BCUT2D eigenvalue weighted by molar-refractivity contribution is 7.88. The zero-order valence-electron chi connectivity index (χ0n) is 11.1. The van der Waals surface area contributed by atoms with Gasteiger partial charge in [-0.15, -0.1) is 0 Å². The summed E-state index contributed by atoms with van der Waals surface area (Å²) in [6, 6.07) is 7.57. The number of rotatable bonds is 2. The largest absolute Gasteiger partial charge is 0.487 e. The predicted octanol–water partition coefficient (Wildman–Crippen LogP) is 2.37. The van der Waals surface area contributed by atoms with E-state index in [1.165, 1.54) is 6.26 Å². The first-order valence-corrected chi connectivity index (χ1v) is 8.62. The first-order valence-electron chi connectivity index (χ1n) is 6.73. The maximum atomic E-state index is 11.6. The molecule has 0 radical (unpaired) electrons. The lowest BCUT2D eigenvalue weighted by Gasteiger charge is -2.40. The van der Waals surface area contributed by atoms with Gasteiger partial charge in [0.25, 0.3) is 0 Å². The Morgan fingerprint density at radius 1 is 1.26 bits per heavy atom. The molecule has 0 aromatic heterocycles. The van der Waals surface area contributed by atoms with Crippen LogP contribution >= 0.6 is 0 Å². The standard InChI is InChI=1S/C14H19NO3S/c1-19(16,17)15-12-10-14(8-4-5-9-14)18-13-7-3-2-6-11(12)13/h2-3,6-7,12,15H,4-5,8-10H2,1H3/t12-/m0/s1. The summed E-state index contributed by atoms with van der Waals surface area (Å²) in [5.41, 5.74) is 0.780. The fraction of sp³-hybridized carbons (Fsp3) is 0.571. The van der Waals surface area contributed by atoms with E-state index in [-0.39, 0.29) is 11.6 Å². The molecule has 1 atom stereocenters. The molecule has 1 aliphatic heterocycles. The zero-order chi connectivity index (χ0) is 13.5. The third-order valence-corrected chi connectivity index (χ3v) is 4.78. The van der Waals surface area contributed by atoms with E-state index in [0.717, 1.165) is 43.4 Å². The van der Waals surface area contributed by atoms with E-state index >= 15 is 0 Å². The van der Waals surface area contributed by atoms with Gasteiger partial charge in [0.2, 0.25) is 10.0 Å². The minimum Gasteiger partial charge on any atom is -0.487 e. The van der Waals surface area contributed by atoms with Gasteiger partial charge in [0.1, 0.15) is 11.4 Å². The predicted molar refractivity (Wildman–Crippen MR) is 73.6 cm³/mol. The third kappa shape index (κ3) is 2.62. The van der Waals surface area contributed by atoms with Crippen LogP contribution < -0.4 is 9.46 Å². The molecule has 1 aliphatic carbocycles. The fourth-order valence-electron chi connectivity index (χ4n) is 3.31. The summed E-state index contributed by atoms with van der Waals surface area (Å²) in [7, 11) is -3.22. The molecule has 1 saturated carbocycles. The van der Waals surface area contributed by atoms with E-state index in [1.807, 2.05) is 24.3 Å². The van der Waals surface area contributed by atoms with Gasteiger partial charge in [0, 0.05) is 12.0 Å². The molecule has 1 aromatic rings. The summed E-state index contributed by atoms with van der Waals surface area (Å²) in [5, 5.41) is 0. The van der Waals surface area contributed by atoms with Crippen molar-refractivity contribution in [2.75, 3.05) is 6.26 Å². The molecule has 0 unspecified atom stereocenters. The zero-order valence-corrected chi connectivity index (χ0v) is 11.9. The molecular formula is C14H19NO3S. The van der Waals surface area contributed by atoms with Crippen LogP contribution in [0, 0.1) is 0 Å². The van der Waals surface area contributed by atoms with Gasteiger partial charge in [-0.1, -0.05) is 18.2 Å². The number of fused-ring (bicyclic) bond motifs is 1. The van der Waals surface area contributed by atoms with Crippen LogP contribution in [0.3, 0.4) is 0 Å². The number of hydrogen-bond acceptors (Lipinski definition) is 3. The van der Waals surface area contributed by atoms with Crippen molar-refractivity contribution in [1.82, 2.24) is 4.72 Å². The summed E-state index contributed by atoms with van der Waals surface area (Å²) >= 11 is 0. The van der Waals surface area contributed by atoms with Gasteiger partial charge in [-0.2, -0.15) is 0 Å². The Labute approximate surface area is 114 Å². The van der Waals surface area contributed by atoms with E-state index in [9.17, 15) is 8.42 Å². The molecule has 1 fully saturated rings. The van der Waals surface area contributed by atoms with Gasteiger partial charge in [0.15, 0.2) is 0 Å². The van der Waals surface area contributed by atoms with Crippen LogP contribution in [0.2, 0.25) is 0 Å². The summed E-state index contributed by atoms with van der Waals surface area (Å²) in [6.45, 7) is 0. The van der Waals surface area contributed by atoms with Crippen LogP contribution in [-0.2, 0) is 10.0 Å². The van der Waals surface area contributed by atoms with Gasteiger partial charge in [-0.25, -0.2) is 13.1 Å². The lowest BCUT2D eigenvalue weighted by atomic mass is 9.86. The Hall–Kier alpha value is -1.07. The third-order valence-electron chi connectivity index (χ3n) is 4.07. The fourth-order valence-corrected chi connectivity index (χ4v) is 4.03. The van der Waals surface area contributed by atoms with Crippen LogP contribution in [0.25, 0.3) is 0 Å². The molecule has 0 bridgehead atoms. The Morgan fingerprint density at radius 3 is 2.63 bits per heavy atom. The Bertz CT molecular complexity index is 576. The number of sulfonamides is 1. The molecule has 104 valence electrons. The van der Waals surface area contributed by atoms with Gasteiger partial charge >= 0.3 is 0 Å². The number of benzene rings is 1. The average Bonchev–Trinajstić information content (AvgIpc) is 2.75. The van der Waals surface area contributed by atoms with Crippen LogP contribution in [-0.4, -0.2) is 20.3 Å². The van der Waals surface area contributed by atoms with Crippen LogP contribution in [0.15, 0.2) is 24.3 Å². The topological polar surface area (TPSA) is 55.4 Å². The minimum atomic E-state index is -3.22. The molecule has 2 aliphatic rings. The number of nitrogens with one attached hydrogen (secondary N) is 1. The van der Waals surface area contributed by atoms with Crippen molar-refractivity contribution in [1.29, 1.82) is 0 Å². The Kier molecular flexibility index (Phi) is 3.06. The van der Waals surface area contributed by atoms with E-state index < -0.39 is 10.0 Å². The second kappa shape index (κ2) is 4.49.